The lowest BCUT2D eigenvalue weighted by Crippen LogP contribution is -2.10. The summed E-state index contributed by atoms with van der Waals surface area (Å²) in [7, 11) is 3.42. The molecule has 0 N–H and O–H groups in total. The maximum Gasteiger partial charge on any atom is 0.124 e. The average Bonchev–Trinajstić information content (AvgIpc) is 2.19. The van der Waals surface area contributed by atoms with Crippen LogP contribution in [0.4, 0.5) is 0 Å². The summed E-state index contributed by atoms with van der Waals surface area (Å²) in [5, 5.41) is 0. The molecule has 0 saturated heterocycles. The Hall–Kier alpha value is -1.02. The Balaban J connectivity index is 3.02. The van der Waals surface area contributed by atoms with Gasteiger partial charge in [-0.15, -0.1) is 0 Å². The van der Waals surface area contributed by atoms with Gasteiger partial charge in [0, 0.05) is 12.7 Å². The van der Waals surface area contributed by atoms with E-state index in [2.05, 4.69) is 13.8 Å². The van der Waals surface area contributed by atoms with Crippen LogP contribution in [0.25, 0.3) is 0 Å². The number of hydrogen-bond acceptors (Lipinski definition) is 2. The van der Waals surface area contributed by atoms with Crippen molar-refractivity contribution < 1.29 is 9.47 Å². The summed E-state index contributed by atoms with van der Waals surface area (Å²) in [6.07, 6.45) is 0.103. The lowest BCUT2D eigenvalue weighted by molar-refractivity contribution is 0.0625. The van der Waals surface area contributed by atoms with Gasteiger partial charge in [-0.05, 0) is 12.0 Å². The fourth-order valence-electron chi connectivity index (χ4n) is 1.66. The van der Waals surface area contributed by atoms with E-state index in [1.807, 2.05) is 24.3 Å². The van der Waals surface area contributed by atoms with Crippen LogP contribution in [0.5, 0.6) is 5.75 Å². The van der Waals surface area contributed by atoms with Gasteiger partial charge in [-0.2, -0.15) is 0 Å². The van der Waals surface area contributed by atoms with Crippen LogP contribution in [0, 0.1) is 5.92 Å². The second-order valence-electron chi connectivity index (χ2n) is 3.64. The predicted molar refractivity (Wildman–Crippen MR) is 57.6 cm³/mol. The summed E-state index contributed by atoms with van der Waals surface area (Å²) in [6.45, 7) is 4.28. The number of rotatable bonds is 4. The average molecular weight is 194 g/mol. The van der Waals surface area contributed by atoms with Gasteiger partial charge in [0.1, 0.15) is 5.75 Å². The number of hydrogen-bond donors (Lipinski definition) is 0. The first-order valence-electron chi connectivity index (χ1n) is 4.86. The van der Waals surface area contributed by atoms with E-state index >= 15 is 0 Å². The fraction of sp³-hybridized carbons (Fsp3) is 0.500. The molecule has 1 atom stereocenters. The zero-order valence-electron chi connectivity index (χ0n) is 9.28. The molecule has 0 aliphatic rings. The van der Waals surface area contributed by atoms with Gasteiger partial charge in [-0.25, -0.2) is 0 Å². The Morgan fingerprint density at radius 2 is 1.71 bits per heavy atom. The molecule has 1 aromatic rings. The predicted octanol–water partition coefficient (Wildman–Crippen LogP) is 3.04. The van der Waals surface area contributed by atoms with Crippen molar-refractivity contribution in [1.29, 1.82) is 0 Å². The lowest BCUT2D eigenvalue weighted by Gasteiger charge is -2.21. The molecule has 0 aromatic heterocycles. The molecule has 0 aliphatic carbocycles. The van der Waals surface area contributed by atoms with Gasteiger partial charge in [0.05, 0.1) is 13.2 Å². The molecule has 1 aromatic carbocycles. The van der Waals surface area contributed by atoms with Gasteiger partial charge in [0.15, 0.2) is 0 Å². The fourth-order valence-corrected chi connectivity index (χ4v) is 1.66. The third kappa shape index (κ3) is 2.26. The highest BCUT2D eigenvalue weighted by atomic mass is 16.5. The van der Waals surface area contributed by atoms with E-state index in [9.17, 15) is 0 Å². The second-order valence-corrected chi connectivity index (χ2v) is 3.64. The minimum Gasteiger partial charge on any atom is -0.496 e. The third-order valence-corrected chi connectivity index (χ3v) is 2.30. The Kier molecular flexibility index (Phi) is 3.96. The maximum absolute atomic E-state index is 5.46. The first-order valence-corrected chi connectivity index (χ1v) is 4.86. The van der Waals surface area contributed by atoms with Crippen LogP contribution in [0.2, 0.25) is 0 Å². The zero-order valence-corrected chi connectivity index (χ0v) is 9.28. The summed E-state index contributed by atoms with van der Waals surface area (Å²) in [5.74, 6) is 1.34. The van der Waals surface area contributed by atoms with Gasteiger partial charge < -0.3 is 9.47 Å². The Bertz CT molecular complexity index is 281. The van der Waals surface area contributed by atoms with Crippen LogP contribution in [-0.4, -0.2) is 14.2 Å². The van der Waals surface area contributed by atoms with Crippen LogP contribution < -0.4 is 4.74 Å². The van der Waals surface area contributed by atoms with Crippen molar-refractivity contribution in [2.75, 3.05) is 14.2 Å². The van der Waals surface area contributed by atoms with Gasteiger partial charge in [0.25, 0.3) is 0 Å². The topological polar surface area (TPSA) is 18.5 Å². The summed E-state index contributed by atoms with van der Waals surface area (Å²) < 4.78 is 10.8. The molecule has 78 valence electrons. The van der Waals surface area contributed by atoms with Gasteiger partial charge in [-0.3, -0.25) is 0 Å². The molecule has 0 heterocycles. The number of methoxy groups -OCH3 is 2. The summed E-state index contributed by atoms with van der Waals surface area (Å²) in [4.78, 5) is 0. The minimum atomic E-state index is 0.103. The molecule has 0 fully saturated rings. The Labute approximate surface area is 85.8 Å². The molecule has 1 rings (SSSR count). The van der Waals surface area contributed by atoms with Crippen LogP contribution in [0.15, 0.2) is 24.3 Å². The van der Waals surface area contributed by atoms with Crippen LogP contribution in [0.3, 0.4) is 0 Å². The monoisotopic (exact) mass is 194 g/mol. The molecule has 0 aliphatic heterocycles. The molecule has 2 heteroatoms. The van der Waals surface area contributed by atoms with E-state index < -0.39 is 0 Å². The van der Waals surface area contributed by atoms with Crippen molar-refractivity contribution in [2.24, 2.45) is 5.92 Å². The van der Waals surface area contributed by atoms with E-state index in [-0.39, 0.29) is 6.10 Å². The maximum atomic E-state index is 5.46. The molecule has 0 radical (unpaired) electrons. The molecule has 2 nitrogen and oxygen atoms in total. The second kappa shape index (κ2) is 5.01. The molecular weight excluding hydrogens is 176 g/mol. The summed E-state index contributed by atoms with van der Waals surface area (Å²) in [6, 6.07) is 7.98. The van der Waals surface area contributed by atoms with Crippen molar-refractivity contribution in [1.82, 2.24) is 0 Å². The van der Waals surface area contributed by atoms with Crippen LogP contribution in [0.1, 0.15) is 25.5 Å². The number of ether oxygens (including phenoxy) is 2. The zero-order chi connectivity index (χ0) is 10.6. The molecule has 1 unspecified atom stereocenters. The SMILES string of the molecule is COc1ccccc1C(OC)C(C)C. The number of benzene rings is 1. The molecule has 0 saturated carbocycles. The molecule has 0 spiro atoms. The first kappa shape index (κ1) is 11.1. The smallest absolute Gasteiger partial charge is 0.124 e. The largest absolute Gasteiger partial charge is 0.496 e. The van der Waals surface area contributed by atoms with E-state index in [0.29, 0.717) is 5.92 Å². The Morgan fingerprint density at radius 3 is 2.21 bits per heavy atom. The highest BCUT2D eigenvalue weighted by Crippen LogP contribution is 2.31. The van der Waals surface area contributed by atoms with Crippen LogP contribution >= 0.6 is 0 Å². The van der Waals surface area contributed by atoms with Crippen LogP contribution in [-0.2, 0) is 4.74 Å². The van der Waals surface area contributed by atoms with Crippen molar-refractivity contribution >= 4 is 0 Å². The molecule has 14 heavy (non-hydrogen) atoms. The van der Waals surface area contributed by atoms with Gasteiger partial charge in [0.2, 0.25) is 0 Å². The lowest BCUT2D eigenvalue weighted by atomic mass is 9.98. The quantitative estimate of drug-likeness (QED) is 0.733. The van der Waals surface area contributed by atoms with E-state index in [4.69, 9.17) is 9.47 Å². The first-order chi connectivity index (χ1) is 6.70. The van der Waals surface area contributed by atoms with E-state index in [0.717, 1.165) is 11.3 Å². The van der Waals surface area contributed by atoms with Gasteiger partial charge in [-0.1, -0.05) is 32.0 Å². The molecule has 0 bridgehead atoms. The standard InChI is InChI=1S/C12H18O2/c1-9(2)12(14-4)10-7-5-6-8-11(10)13-3/h5-9,12H,1-4H3. The highest BCUT2D eigenvalue weighted by molar-refractivity contribution is 5.35. The Morgan fingerprint density at radius 1 is 1.07 bits per heavy atom. The van der Waals surface area contributed by atoms with Crippen molar-refractivity contribution in [3.05, 3.63) is 29.8 Å². The van der Waals surface area contributed by atoms with E-state index in [1.54, 1.807) is 14.2 Å². The summed E-state index contributed by atoms with van der Waals surface area (Å²) >= 11 is 0. The highest BCUT2D eigenvalue weighted by Gasteiger charge is 2.18. The number of para-hydroxylation sites is 1. The van der Waals surface area contributed by atoms with Gasteiger partial charge >= 0.3 is 0 Å². The van der Waals surface area contributed by atoms with Crippen molar-refractivity contribution in [3.63, 3.8) is 0 Å². The molecule has 0 amide bonds. The third-order valence-electron chi connectivity index (χ3n) is 2.30. The normalized spacial score (nSPS) is 12.9. The summed E-state index contributed by atoms with van der Waals surface area (Å²) in [5.41, 5.74) is 1.12. The van der Waals surface area contributed by atoms with E-state index in [1.165, 1.54) is 0 Å². The minimum absolute atomic E-state index is 0.103. The molecular formula is C12H18O2. The van der Waals surface area contributed by atoms with Crippen molar-refractivity contribution in [3.8, 4) is 5.75 Å². The van der Waals surface area contributed by atoms with Crippen molar-refractivity contribution in [2.45, 2.75) is 20.0 Å².